The van der Waals surface area contributed by atoms with E-state index in [0.29, 0.717) is 5.92 Å². The van der Waals surface area contributed by atoms with Gasteiger partial charge in [0, 0.05) is 11.3 Å². The molecule has 0 bridgehead atoms. The first-order valence-electron chi connectivity index (χ1n) is 6.03. The fourth-order valence-electron chi connectivity index (χ4n) is 2.66. The Morgan fingerprint density at radius 3 is 2.56 bits per heavy atom. The molecule has 0 saturated heterocycles. The van der Waals surface area contributed by atoms with E-state index >= 15 is 0 Å². The maximum atomic E-state index is 6.03. The zero-order valence-corrected chi connectivity index (χ0v) is 11.4. The van der Waals surface area contributed by atoms with Crippen molar-refractivity contribution in [1.82, 2.24) is 0 Å². The van der Waals surface area contributed by atoms with Gasteiger partial charge in [0.15, 0.2) is 0 Å². The van der Waals surface area contributed by atoms with E-state index in [-0.39, 0.29) is 0 Å². The highest BCUT2D eigenvalue weighted by molar-refractivity contribution is 14.1. The molecule has 0 atom stereocenters. The molecule has 16 heavy (non-hydrogen) atoms. The first-order chi connectivity index (χ1) is 7.86. The molecular weight excluding hydrogens is 311 g/mol. The Labute approximate surface area is 109 Å². The summed E-state index contributed by atoms with van der Waals surface area (Å²) in [4.78, 5) is 0. The van der Waals surface area contributed by atoms with Crippen LogP contribution >= 0.6 is 22.6 Å². The summed E-state index contributed by atoms with van der Waals surface area (Å²) in [6, 6.07) is 8.37. The van der Waals surface area contributed by atoms with Crippen molar-refractivity contribution in [3.05, 3.63) is 33.6 Å². The second-order valence-electron chi connectivity index (χ2n) is 4.61. The number of rotatable bonds is 1. The summed E-state index contributed by atoms with van der Waals surface area (Å²) in [7, 11) is 0. The van der Waals surface area contributed by atoms with Crippen molar-refractivity contribution in [2.75, 3.05) is 0 Å². The lowest BCUT2D eigenvalue weighted by Gasteiger charge is -2.19. The van der Waals surface area contributed by atoms with Crippen molar-refractivity contribution in [3.63, 3.8) is 0 Å². The number of halogens is 1. The summed E-state index contributed by atoms with van der Waals surface area (Å²) in [6.45, 7) is 0. The Balaban J connectivity index is 2.05. The van der Waals surface area contributed by atoms with Gasteiger partial charge in [0.2, 0.25) is 0 Å². The van der Waals surface area contributed by atoms with E-state index in [1.165, 1.54) is 46.8 Å². The van der Waals surface area contributed by atoms with Gasteiger partial charge in [0.25, 0.3) is 0 Å². The summed E-state index contributed by atoms with van der Waals surface area (Å²) in [5.74, 6) is 1.90. The molecule has 0 aliphatic heterocycles. The Morgan fingerprint density at radius 1 is 1.06 bits per heavy atom. The fraction of sp³-hybridized carbons (Fsp3) is 0.429. The largest absolute Gasteiger partial charge is 0.460 e. The molecule has 84 valence electrons. The minimum absolute atomic E-state index is 0.660. The Bertz CT molecular complexity index is 494. The topological polar surface area (TPSA) is 13.1 Å². The molecular formula is C14H15IO. The van der Waals surface area contributed by atoms with Crippen molar-refractivity contribution in [2.24, 2.45) is 0 Å². The van der Waals surface area contributed by atoms with Crippen LogP contribution in [0.15, 0.2) is 28.7 Å². The van der Waals surface area contributed by atoms with Crippen molar-refractivity contribution in [1.29, 1.82) is 0 Å². The van der Waals surface area contributed by atoms with E-state index in [4.69, 9.17) is 4.42 Å². The SMILES string of the molecule is Ic1c(C2CCCCC2)oc2ccccc12. The van der Waals surface area contributed by atoms with E-state index in [9.17, 15) is 0 Å². The smallest absolute Gasteiger partial charge is 0.135 e. The summed E-state index contributed by atoms with van der Waals surface area (Å²) in [5.41, 5.74) is 1.05. The first-order valence-corrected chi connectivity index (χ1v) is 7.11. The molecule has 0 N–H and O–H groups in total. The number of hydrogen-bond donors (Lipinski definition) is 0. The predicted molar refractivity (Wildman–Crippen MR) is 74.8 cm³/mol. The minimum Gasteiger partial charge on any atom is -0.460 e. The van der Waals surface area contributed by atoms with Crippen LogP contribution in [-0.2, 0) is 0 Å². The van der Waals surface area contributed by atoms with Gasteiger partial charge < -0.3 is 4.42 Å². The molecule has 1 aromatic carbocycles. The molecule has 1 aromatic heterocycles. The van der Waals surface area contributed by atoms with Crippen molar-refractivity contribution in [2.45, 2.75) is 38.0 Å². The molecule has 1 nitrogen and oxygen atoms in total. The van der Waals surface area contributed by atoms with E-state index < -0.39 is 0 Å². The molecule has 0 unspecified atom stereocenters. The molecule has 1 aliphatic rings. The van der Waals surface area contributed by atoms with Gasteiger partial charge in [-0.3, -0.25) is 0 Å². The Hall–Kier alpha value is -0.510. The van der Waals surface area contributed by atoms with Gasteiger partial charge in [-0.25, -0.2) is 0 Å². The number of benzene rings is 1. The van der Waals surface area contributed by atoms with Crippen LogP contribution in [0.4, 0.5) is 0 Å². The van der Waals surface area contributed by atoms with E-state index in [2.05, 4.69) is 40.8 Å². The number of furan rings is 1. The highest BCUT2D eigenvalue weighted by Crippen LogP contribution is 2.39. The van der Waals surface area contributed by atoms with Crippen LogP contribution in [0.5, 0.6) is 0 Å². The predicted octanol–water partition coefficient (Wildman–Crippen LogP) is 5.09. The van der Waals surface area contributed by atoms with Crippen LogP contribution in [0.1, 0.15) is 43.8 Å². The molecule has 0 spiro atoms. The van der Waals surface area contributed by atoms with E-state index in [1.807, 2.05) is 6.07 Å². The van der Waals surface area contributed by atoms with E-state index in [1.54, 1.807) is 0 Å². The summed E-state index contributed by atoms with van der Waals surface area (Å²) < 4.78 is 7.36. The van der Waals surface area contributed by atoms with Crippen LogP contribution in [0.2, 0.25) is 0 Å². The zero-order valence-electron chi connectivity index (χ0n) is 9.21. The van der Waals surface area contributed by atoms with Gasteiger partial charge in [-0.05, 0) is 41.5 Å². The quantitative estimate of drug-likeness (QED) is 0.666. The normalized spacial score (nSPS) is 18.1. The molecule has 0 radical (unpaired) electrons. The highest BCUT2D eigenvalue weighted by Gasteiger charge is 2.22. The van der Waals surface area contributed by atoms with Gasteiger partial charge in [0.05, 0.1) is 3.57 Å². The second kappa shape index (κ2) is 4.40. The molecule has 3 rings (SSSR count). The Kier molecular flexibility index (Phi) is 2.92. The van der Waals surface area contributed by atoms with Crippen molar-refractivity contribution in [3.8, 4) is 0 Å². The van der Waals surface area contributed by atoms with Crippen LogP contribution in [-0.4, -0.2) is 0 Å². The second-order valence-corrected chi connectivity index (χ2v) is 5.69. The highest BCUT2D eigenvalue weighted by atomic mass is 127. The molecule has 1 aliphatic carbocycles. The van der Waals surface area contributed by atoms with Crippen LogP contribution in [0.3, 0.4) is 0 Å². The fourth-order valence-corrected chi connectivity index (χ4v) is 3.66. The van der Waals surface area contributed by atoms with Gasteiger partial charge in [0.1, 0.15) is 11.3 Å². The van der Waals surface area contributed by atoms with Crippen molar-refractivity contribution < 1.29 is 4.42 Å². The minimum atomic E-state index is 0.660. The number of fused-ring (bicyclic) bond motifs is 1. The monoisotopic (exact) mass is 326 g/mol. The van der Waals surface area contributed by atoms with Crippen LogP contribution in [0.25, 0.3) is 11.0 Å². The van der Waals surface area contributed by atoms with Crippen LogP contribution < -0.4 is 0 Å². The number of hydrogen-bond acceptors (Lipinski definition) is 1. The third kappa shape index (κ3) is 1.77. The molecule has 1 fully saturated rings. The summed E-state index contributed by atoms with van der Waals surface area (Å²) >= 11 is 2.44. The lowest BCUT2D eigenvalue weighted by molar-refractivity contribution is 0.383. The average Bonchev–Trinajstić information content (AvgIpc) is 2.69. The van der Waals surface area contributed by atoms with Gasteiger partial charge in [-0.2, -0.15) is 0 Å². The van der Waals surface area contributed by atoms with Crippen LogP contribution in [0, 0.1) is 3.57 Å². The third-order valence-electron chi connectivity index (χ3n) is 3.54. The summed E-state index contributed by atoms with van der Waals surface area (Å²) in [5, 5.41) is 1.28. The maximum Gasteiger partial charge on any atom is 0.135 e. The molecule has 0 amide bonds. The van der Waals surface area contributed by atoms with Crippen molar-refractivity contribution >= 4 is 33.6 Å². The maximum absolute atomic E-state index is 6.03. The Morgan fingerprint density at radius 2 is 1.81 bits per heavy atom. The van der Waals surface area contributed by atoms with Gasteiger partial charge >= 0.3 is 0 Å². The summed E-state index contributed by atoms with van der Waals surface area (Å²) in [6.07, 6.45) is 6.72. The number of para-hydroxylation sites is 1. The molecule has 2 aromatic rings. The van der Waals surface area contributed by atoms with Gasteiger partial charge in [-0.15, -0.1) is 0 Å². The average molecular weight is 326 g/mol. The van der Waals surface area contributed by atoms with E-state index in [0.717, 1.165) is 5.58 Å². The zero-order chi connectivity index (χ0) is 11.0. The molecule has 1 saturated carbocycles. The molecule has 1 heterocycles. The third-order valence-corrected chi connectivity index (χ3v) is 4.65. The standard InChI is InChI=1S/C14H15IO/c15-13-11-8-4-5-9-12(11)16-14(13)10-6-2-1-3-7-10/h4-5,8-10H,1-3,6-7H2. The first kappa shape index (κ1) is 10.6. The molecule has 2 heteroatoms. The van der Waals surface area contributed by atoms with Gasteiger partial charge in [-0.1, -0.05) is 37.5 Å². The lowest BCUT2D eigenvalue weighted by Crippen LogP contribution is -2.04. The lowest BCUT2D eigenvalue weighted by atomic mass is 9.87.